The maximum absolute atomic E-state index is 11.7. The molecule has 0 radical (unpaired) electrons. The zero-order chi connectivity index (χ0) is 12.4. The quantitative estimate of drug-likeness (QED) is 0.817. The average molecular weight is 244 g/mol. The molecule has 1 aliphatic rings. The van der Waals surface area contributed by atoms with E-state index in [2.05, 4.69) is 15.7 Å². The molecule has 0 aliphatic carbocycles. The highest BCUT2D eigenvalue weighted by Gasteiger charge is 2.17. The molecule has 2 aromatic rings. The lowest BCUT2D eigenvalue weighted by Gasteiger charge is -2.27. The van der Waals surface area contributed by atoms with Gasteiger partial charge in [-0.3, -0.25) is 9.48 Å². The highest BCUT2D eigenvalue weighted by Crippen LogP contribution is 2.10. The van der Waals surface area contributed by atoms with Crippen molar-refractivity contribution < 1.29 is 4.79 Å². The van der Waals surface area contributed by atoms with E-state index in [9.17, 15) is 4.79 Å². The van der Waals surface area contributed by atoms with Crippen LogP contribution in [0.25, 0.3) is 10.9 Å². The first-order valence-electron chi connectivity index (χ1n) is 6.21. The summed E-state index contributed by atoms with van der Waals surface area (Å²) in [6.07, 6.45) is 1.90. The second-order valence-corrected chi connectivity index (χ2v) is 4.71. The molecule has 94 valence electrons. The largest absolute Gasteiger partial charge is 0.354 e. The van der Waals surface area contributed by atoms with Gasteiger partial charge in [0.05, 0.1) is 5.52 Å². The lowest BCUT2D eigenvalue weighted by atomic mass is 10.0. The van der Waals surface area contributed by atoms with E-state index in [1.165, 1.54) is 0 Å². The van der Waals surface area contributed by atoms with Crippen LogP contribution in [0.2, 0.25) is 0 Å². The molecule has 3 rings (SSSR count). The average Bonchev–Trinajstić information content (AvgIpc) is 2.68. The predicted molar refractivity (Wildman–Crippen MR) is 69.1 cm³/mol. The van der Waals surface area contributed by atoms with Gasteiger partial charge in [-0.1, -0.05) is 18.2 Å². The van der Waals surface area contributed by atoms with Crippen molar-refractivity contribution in [3.05, 3.63) is 30.5 Å². The van der Waals surface area contributed by atoms with Gasteiger partial charge in [-0.15, -0.1) is 0 Å². The summed E-state index contributed by atoms with van der Waals surface area (Å²) in [5.74, 6) is 0.611. The Labute approximate surface area is 105 Å². The maximum atomic E-state index is 11.7. The number of amides is 1. The summed E-state index contributed by atoms with van der Waals surface area (Å²) in [4.78, 5) is 11.7. The molecule has 1 fully saturated rings. The van der Waals surface area contributed by atoms with Gasteiger partial charge in [0, 0.05) is 37.1 Å². The Kier molecular flexibility index (Phi) is 2.98. The van der Waals surface area contributed by atoms with Gasteiger partial charge in [0.1, 0.15) is 6.54 Å². The van der Waals surface area contributed by atoms with Crippen molar-refractivity contribution in [3.63, 3.8) is 0 Å². The van der Waals surface area contributed by atoms with E-state index < -0.39 is 0 Å². The van der Waals surface area contributed by atoms with E-state index in [0.29, 0.717) is 5.92 Å². The van der Waals surface area contributed by atoms with E-state index in [4.69, 9.17) is 0 Å². The molecule has 1 saturated heterocycles. The molecule has 5 heteroatoms. The van der Waals surface area contributed by atoms with Crippen molar-refractivity contribution in [2.24, 2.45) is 5.92 Å². The number of fused-ring (bicyclic) bond motifs is 1. The number of benzene rings is 1. The van der Waals surface area contributed by atoms with Crippen molar-refractivity contribution in [2.45, 2.75) is 6.54 Å². The van der Waals surface area contributed by atoms with Crippen LogP contribution in [-0.2, 0) is 11.3 Å². The molecule has 1 aromatic heterocycles. The number of nitrogens with zero attached hydrogens (tertiary/aromatic N) is 2. The lowest BCUT2D eigenvalue weighted by molar-refractivity contribution is -0.122. The lowest BCUT2D eigenvalue weighted by Crippen LogP contribution is -2.48. The SMILES string of the molecule is O=C(Cn1cc2ccccc2n1)NCC1CNC1. The molecule has 1 amide bonds. The Morgan fingerprint density at radius 2 is 2.28 bits per heavy atom. The molecule has 2 heterocycles. The Morgan fingerprint density at radius 3 is 3.00 bits per heavy atom. The second-order valence-electron chi connectivity index (χ2n) is 4.71. The number of carbonyl (C=O) groups is 1. The third-order valence-electron chi connectivity index (χ3n) is 3.22. The van der Waals surface area contributed by atoms with E-state index in [-0.39, 0.29) is 12.5 Å². The van der Waals surface area contributed by atoms with Gasteiger partial charge >= 0.3 is 0 Å². The van der Waals surface area contributed by atoms with Gasteiger partial charge in [0.15, 0.2) is 0 Å². The summed E-state index contributed by atoms with van der Waals surface area (Å²) in [6, 6.07) is 7.86. The van der Waals surface area contributed by atoms with E-state index in [1.54, 1.807) is 4.68 Å². The zero-order valence-electron chi connectivity index (χ0n) is 10.1. The number of carbonyl (C=O) groups excluding carboxylic acids is 1. The summed E-state index contributed by atoms with van der Waals surface area (Å²) >= 11 is 0. The Hall–Kier alpha value is -1.88. The van der Waals surface area contributed by atoms with Crippen LogP contribution in [0.3, 0.4) is 0 Å². The van der Waals surface area contributed by atoms with Crippen molar-refractivity contribution >= 4 is 16.8 Å². The first-order chi connectivity index (χ1) is 8.81. The smallest absolute Gasteiger partial charge is 0.241 e. The third-order valence-corrected chi connectivity index (χ3v) is 3.22. The topological polar surface area (TPSA) is 59.0 Å². The molecule has 0 atom stereocenters. The van der Waals surface area contributed by atoms with Crippen LogP contribution in [0, 0.1) is 5.92 Å². The standard InChI is InChI=1S/C13H16N4O/c18-13(15-7-10-5-14-6-10)9-17-8-11-3-1-2-4-12(11)16-17/h1-4,8,10,14H,5-7,9H2,(H,15,18). The molecular formula is C13H16N4O. The van der Waals surface area contributed by atoms with Crippen molar-refractivity contribution in [1.29, 1.82) is 0 Å². The van der Waals surface area contributed by atoms with Crippen LogP contribution in [0.15, 0.2) is 30.5 Å². The zero-order valence-corrected chi connectivity index (χ0v) is 10.1. The summed E-state index contributed by atoms with van der Waals surface area (Å²) in [7, 11) is 0. The molecule has 2 N–H and O–H groups in total. The normalized spacial score (nSPS) is 15.6. The van der Waals surface area contributed by atoms with Crippen LogP contribution in [0.1, 0.15) is 0 Å². The Bertz CT molecular complexity index is 526. The Balaban J connectivity index is 1.59. The predicted octanol–water partition coefficient (Wildman–Crippen LogP) is 0.372. The number of hydrogen-bond acceptors (Lipinski definition) is 3. The first kappa shape index (κ1) is 11.2. The minimum atomic E-state index is 0.0229. The maximum Gasteiger partial charge on any atom is 0.241 e. The number of aromatic nitrogens is 2. The van der Waals surface area contributed by atoms with Crippen LogP contribution < -0.4 is 10.6 Å². The molecule has 0 bridgehead atoms. The van der Waals surface area contributed by atoms with Gasteiger partial charge in [0.25, 0.3) is 0 Å². The fourth-order valence-corrected chi connectivity index (χ4v) is 2.05. The molecule has 1 aromatic carbocycles. The van der Waals surface area contributed by atoms with Crippen molar-refractivity contribution in [2.75, 3.05) is 19.6 Å². The van der Waals surface area contributed by atoms with Crippen LogP contribution in [-0.4, -0.2) is 35.3 Å². The van der Waals surface area contributed by atoms with Gasteiger partial charge in [0.2, 0.25) is 5.91 Å². The summed E-state index contributed by atoms with van der Waals surface area (Å²) in [6.45, 7) is 3.05. The number of nitrogens with one attached hydrogen (secondary N) is 2. The van der Waals surface area contributed by atoms with E-state index in [0.717, 1.165) is 30.5 Å². The van der Waals surface area contributed by atoms with Gasteiger partial charge in [-0.05, 0) is 6.07 Å². The highest BCUT2D eigenvalue weighted by molar-refractivity contribution is 5.79. The monoisotopic (exact) mass is 244 g/mol. The molecule has 18 heavy (non-hydrogen) atoms. The van der Waals surface area contributed by atoms with Crippen molar-refractivity contribution in [1.82, 2.24) is 20.4 Å². The van der Waals surface area contributed by atoms with Gasteiger partial charge < -0.3 is 10.6 Å². The number of hydrogen-bond donors (Lipinski definition) is 2. The van der Waals surface area contributed by atoms with Gasteiger partial charge in [-0.2, -0.15) is 5.10 Å². The molecule has 1 aliphatic heterocycles. The molecular weight excluding hydrogens is 228 g/mol. The summed E-state index contributed by atoms with van der Waals surface area (Å²) < 4.78 is 1.69. The molecule has 0 spiro atoms. The van der Waals surface area contributed by atoms with Crippen molar-refractivity contribution in [3.8, 4) is 0 Å². The van der Waals surface area contributed by atoms with E-state index >= 15 is 0 Å². The summed E-state index contributed by atoms with van der Waals surface area (Å²) in [5.41, 5.74) is 0.925. The molecule has 0 unspecified atom stereocenters. The summed E-state index contributed by atoms with van der Waals surface area (Å²) in [5, 5.41) is 11.5. The fraction of sp³-hybridized carbons (Fsp3) is 0.385. The highest BCUT2D eigenvalue weighted by atomic mass is 16.2. The van der Waals surface area contributed by atoms with Crippen LogP contribution in [0.4, 0.5) is 0 Å². The molecule has 5 nitrogen and oxygen atoms in total. The molecule has 0 saturated carbocycles. The second kappa shape index (κ2) is 4.78. The first-order valence-corrected chi connectivity index (χ1v) is 6.21. The fourth-order valence-electron chi connectivity index (χ4n) is 2.05. The van der Waals surface area contributed by atoms with Gasteiger partial charge in [-0.25, -0.2) is 0 Å². The van der Waals surface area contributed by atoms with Crippen LogP contribution >= 0.6 is 0 Å². The minimum Gasteiger partial charge on any atom is -0.354 e. The Morgan fingerprint density at radius 1 is 1.44 bits per heavy atom. The minimum absolute atomic E-state index is 0.0229. The number of rotatable bonds is 4. The van der Waals surface area contributed by atoms with E-state index in [1.807, 2.05) is 30.5 Å². The third kappa shape index (κ3) is 2.36. The van der Waals surface area contributed by atoms with Crippen LogP contribution in [0.5, 0.6) is 0 Å².